The lowest BCUT2D eigenvalue weighted by Crippen LogP contribution is -2.08. The van der Waals surface area contributed by atoms with Crippen LogP contribution in [0, 0.1) is 6.92 Å². The molecule has 0 unspecified atom stereocenters. The van der Waals surface area contributed by atoms with Crippen molar-refractivity contribution in [1.29, 1.82) is 0 Å². The molecule has 4 nitrogen and oxygen atoms in total. The van der Waals surface area contributed by atoms with Gasteiger partial charge in [-0.05, 0) is 6.92 Å². The van der Waals surface area contributed by atoms with Crippen LogP contribution in [0.25, 0.3) is 0 Å². The van der Waals surface area contributed by atoms with Crippen molar-refractivity contribution in [2.75, 3.05) is 20.0 Å². The Morgan fingerprint density at radius 1 is 1.60 bits per heavy atom. The number of ether oxygens (including phenoxy) is 2. The van der Waals surface area contributed by atoms with Crippen molar-refractivity contribution in [3.63, 3.8) is 0 Å². The van der Waals surface area contributed by atoms with Crippen LogP contribution in [0.15, 0.2) is 0 Å². The van der Waals surface area contributed by atoms with E-state index in [0.29, 0.717) is 0 Å². The SMILES string of the molecule is [CH]COCCC(=O)OCO. The number of hydrogen-bond donors (Lipinski definition) is 1. The van der Waals surface area contributed by atoms with Crippen molar-refractivity contribution in [2.45, 2.75) is 6.42 Å². The molecule has 0 aliphatic rings. The lowest BCUT2D eigenvalue weighted by Gasteiger charge is -1.99. The highest BCUT2D eigenvalue weighted by atomic mass is 16.6. The van der Waals surface area contributed by atoms with E-state index in [4.69, 9.17) is 12.0 Å². The number of esters is 1. The van der Waals surface area contributed by atoms with Crippen LogP contribution in [-0.2, 0) is 14.3 Å². The summed E-state index contributed by atoms with van der Waals surface area (Å²) in [6, 6.07) is 0. The zero-order valence-corrected chi connectivity index (χ0v) is 5.58. The predicted octanol–water partition coefficient (Wildman–Crippen LogP) is -0.403. The zero-order valence-electron chi connectivity index (χ0n) is 5.58. The van der Waals surface area contributed by atoms with Gasteiger partial charge in [0.25, 0.3) is 0 Å². The molecule has 0 amide bonds. The third-order valence-electron chi connectivity index (χ3n) is 0.794. The maximum Gasteiger partial charge on any atom is 0.310 e. The number of aliphatic hydroxyl groups is 1. The predicted molar refractivity (Wildman–Crippen MR) is 32.9 cm³/mol. The molecule has 0 bridgehead atoms. The highest BCUT2D eigenvalue weighted by Crippen LogP contribution is 1.86. The minimum Gasteiger partial charge on any atom is -0.439 e. The van der Waals surface area contributed by atoms with Crippen LogP contribution in [-0.4, -0.2) is 31.1 Å². The van der Waals surface area contributed by atoms with Crippen LogP contribution in [0.5, 0.6) is 0 Å². The molecule has 0 fully saturated rings. The molecule has 0 aliphatic heterocycles. The molecule has 0 rings (SSSR count). The molecule has 10 heavy (non-hydrogen) atoms. The van der Waals surface area contributed by atoms with Crippen LogP contribution in [0.2, 0.25) is 0 Å². The fraction of sp³-hybridized carbons (Fsp3) is 0.667. The Labute approximate surface area is 59.7 Å². The first-order chi connectivity index (χ1) is 4.81. The molecular weight excluding hydrogens is 136 g/mol. The Kier molecular flexibility index (Phi) is 6.11. The van der Waals surface area contributed by atoms with Crippen molar-refractivity contribution in [3.05, 3.63) is 6.92 Å². The second-order valence-electron chi connectivity index (χ2n) is 1.47. The van der Waals surface area contributed by atoms with Crippen LogP contribution < -0.4 is 0 Å². The zero-order chi connectivity index (χ0) is 7.82. The number of carbonyl (C=O) groups is 1. The molecule has 0 aromatic rings. The monoisotopic (exact) mass is 146 g/mol. The molecule has 1 N–H and O–H groups in total. The van der Waals surface area contributed by atoms with Crippen LogP contribution >= 0.6 is 0 Å². The smallest absolute Gasteiger partial charge is 0.310 e. The number of rotatable bonds is 5. The lowest BCUT2D eigenvalue weighted by atomic mass is 10.5. The van der Waals surface area contributed by atoms with Crippen molar-refractivity contribution in [1.82, 2.24) is 0 Å². The number of hydrogen-bond acceptors (Lipinski definition) is 4. The Hall–Kier alpha value is -0.610. The molecule has 0 saturated heterocycles. The fourth-order valence-electron chi connectivity index (χ4n) is 0.383. The van der Waals surface area contributed by atoms with E-state index >= 15 is 0 Å². The first kappa shape index (κ1) is 9.39. The topological polar surface area (TPSA) is 55.8 Å². The molecule has 4 heteroatoms. The summed E-state index contributed by atoms with van der Waals surface area (Å²) in [7, 11) is 0. The van der Waals surface area contributed by atoms with E-state index in [0.717, 1.165) is 0 Å². The van der Waals surface area contributed by atoms with E-state index in [1.165, 1.54) is 0 Å². The van der Waals surface area contributed by atoms with Crippen LogP contribution in [0.1, 0.15) is 6.42 Å². The van der Waals surface area contributed by atoms with Gasteiger partial charge >= 0.3 is 5.97 Å². The van der Waals surface area contributed by atoms with Crippen molar-refractivity contribution in [3.8, 4) is 0 Å². The summed E-state index contributed by atoms with van der Waals surface area (Å²) in [4.78, 5) is 10.4. The quantitative estimate of drug-likeness (QED) is 0.325. The summed E-state index contributed by atoms with van der Waals surface area (Å²) in [5, 5.41) is 8.08. The summed E-state index contributed by atoms with van der Waals surface area (Å²) in [5.74, 6) is -0.490. The van der Waals surface area contributed by atoms with Gasteiger partial charge < -0.3 is 14.6 Å². The van der Waals surface area contributed by atoms with Crippen LogP contribution in [0.4, 0.5) is 0 Å². The molecule has 58 valence electrons. The summed E-state index contributed by atoms with van der Waals surface area (Å²) in [6.07, 6.45) is 0.123. The van der Waals surface area contributed by atoms with Gasteiger partial charge in [-0.2, -0.15) is 0 Å². The van der Waals surface area contributed by atoms with E-state index in [9.17, 15) is 4.79 Å². The van der Waals surface area contributed by atoms with E-state index in [1.807, 2.05) is 0 Å². The van der Waals surface area contributed by atoms with E-state index in [-0.39, 0.29) is 19.6 Å². The van der Waals surface area contributed by atoms with Gasteiger partial charge in [-0.3, -0.25) is 4.79 Å². The maximum absolute atomic E-state index is 10.4. The first-order valence-corrected chi connectivity index (χ1v) is 2.85. The summed E-state index contributed by atoms with van der Waals surface area (Å²) in [6.45, 7) is 4.70. The average Bonchev–Trinajstić information content (AvgIpc) is 1.89. The summed E-state index contributed by atoms with van der Waals surface area (Å²) >= 11 is 0. The Morgan fingerprint density at radius 2 is 2.30 bits per heavy atom. The van der Waals surface area contributed by atoms with Gasteiger partial charge in [-0.25, -0.2) is 0 Å². The van der Waals surface area contributed by atoms with E-state index in [1.54, 1.807) is 0 Å². The third kappa shape index (κ3) is 5.53. The van der Waals surface area contributed by atoms with Crippen molar-refractivity contribution in [2.24, 2.45) is 0 Å². The van der Waals surface area contributed by atoms with Crippen molar-refractivity contribution < 1.29 is 19.4 Å². The molecule has 0 saturated carbocycles. The third-order valence-corrected chi connectivity index (χ3v) is 0.794. The maximum atomic E-state index is 10.4. The molecular formula is C6H10O4. The lowest BCUT2D eigenvalue weighted by molar-refractivity contribution is -0.152. The van der Waals surface area contributed by atoms with Gasteiger partial charge in [-0.15, -0.1) is 0 Å². The second-order valence-corrected chi connectivity index (χ2v) is 1.47. The number of carbonyl (C=O) groups excluding carboxylic acids is 1. The normalized spacial score (nSPS) is 9.40. The number of aliphatic hydroxyl groups excluding tert-OH is 1. The van der Waals surface area contributed by atoms with Crippen molar-refractivity contribution >= 4 is 5.97 Å². The second kappa shape index (κ2) is 6.51. The van der Waals surface area contributed by atoms with Gasteiger partial charge in [-0.1, -0.05) is 0 Å². The van der Waals surface area contributed by atoms with Gasteiger partial charge in [0.1, 0.15) is 0 Å². The minimum atomic E-state index is -0.582. The molecule has 0 aromatic heterocycles. The summed E-state index contributed by atoms with van der Waals surface area (Å²) in [5.41, 5.74) is 0. The fourth-order valence-corrected chi connectivity index (χ4v) is 0.383. The molecule has 2 radical (unpaired) electrons. The summed E-state index contributed by atoms with van der Waals surface area (Å²) < 4.78 is 8.83. The van der Waals surface area contributed by atoms with Crippen LogP contribution in [0.3, 0.4) is 0 Å². The molecule has 0 atom stereocenters. The minimum absolute atomic E-state index is 0.0897. The average molecular weight is 146 g/mol. The Morgan fingerprint density at radius 3 is 2.80 bits per heavy atom. The highest BCUT2D eigenvalue weighted by molar-refractivity contribution is 5.69. The highest BCUT2D eigenvalue weighted by Gasteiger charge is 1.99. The molecule has 0 aliphatic carbocycles. The van der Waals surface area contributed by atoms with E-state index < -0.39 is 12.8 Å². The Balaban J connectivity index is 3.05. The van der Waals surface area contributed by atoms with E-state index in [2.05, 4.69) is 9.47 Å². The van der Waals surface area contributed by atoms with Gasteiger partial charge in [0.15, 0.2) is 6.79 Å². The largest absolute Gasteiger partial charge is 0.439 e. The van der Waals surface area contributed by atoms with Gasteiger partial charge in [0, 0.05) is 0 Å². The molecule has 0 heterocycles. The van der Waals surface area contributed by atoms with Gasteiger partial charge in [0.05, 0.1) is 19.6 Å². The van der Waals surface area contributed by atoms with Gasteiger partial charge in [0.2, 0.25) is 0 Å². The molecule has 0 aromatic carbocycles. The standard InChI is InChI=1S/C6H10O4/c1-2-9-4-3-6(8)10-5-7/h1,7H,2-5H2. The molecule has 0 spiro atoms. The Bertz CT molecular complexity index is 91.7. The first-order valence-electron chi connectivity index (χ1n) is 2.85.